The Labute approximate surface area is 165 Å². The van der Waals surface area contributed by atoms with Crippen LogP contribution in [0.2, 0.25) is 0 Å². The smallest absolute Gasteiger partial charge is 0.180 e. The van der Waals surface area contributed by atoms with Crippen molar-refractivity contribution in [2.45, 2.75) is 53.6 Å². The molecule has 5 nitrogen and oxygen atoms in total. The highest BCUT2D eigenvalue weighted by Gasteiger charge is 2.13. The Kier molecular flexibility index (Phi) is 6.05. The fourth-order valence-corrected chi connectivity index (χ4v) is 3.49. The lowest BCUT2D eigenvalue weighted by atomic mass is 9.94. The molecule has 0 saturated carbocycles. The van der Waals surface area contributed by atoms with Gasteiger partial charge in [0, 0.05) is 28.9 Å². The number of imidazole rings is 1. The molecule has 1 unspecified atom stereocenters. The first-order valence-corrected chi connectivity index (χ1v) is 9.81. The van der Waals surface area contributed by atoms with Crippen LogP contribution in [-0.2, 0) is 0 Å². The molecule has 3 rings (SSSR count). The molecule has 0 aliphatic heterocycles. The second-order valence-corrected chi connectivity index (χ2v) is 7.06. The van der Waals surface area contributed by atoms with Crippen molar-refractivity contribution in [3.8, 4) is 0 Å². The molecule has 146 valence electrons. The number of aliphatic hydroxyl groups excluding tert-OH is 1. The molecule has 5 heteroatoms. The van der Waals surface area contributed by atoms with E-state index in [1.807, 2.05) is 26.2 Å². The second kappa shape index (κ2) is 8.48. The summed E-state index contributed by atoms with van der Waals surface area (Å²) in [5.41, 5.74) is 6.91. The molecule has 2 N–H and O–H groups in total. The Balaban J connectivity index is 2.06. The number of fused-ring (bicyclic) bond motifs is 3. The van der Waals surface area contributed by atoms with Crippen LogP contribution in [0.1, 0.15) is 53.2 Å². The minimum absolute atomic E-state index is 0.443. The average Bonchev–Trinajstić information content (AvgIpc) is 3.20. The third-order valence-electron chi connectivity index (χ3n) is 5.29. The van der Waals surface area contributed by atoms with Gasteiger partial charge in [0.15, 0.2) is 5.65 Å². The molecule has 0 aliphatic rings. The fourth-order valence-electron chi connectivity index (χ4n) is 3.49. The molecule has 0 aliphatic carbocycles. The Hall–Kier alpha value is -2.79. The second-order valence-electron chi connectivity index (χ2n) is 7.06. The summed E-state index contributed by atoms with van der Waals surface area (Å²) in [6, 6.07) is 2.09. The molecule has 3 aromatic rings. The zero-order valence-corrected chi connectivity index (χ0v) is 17.2. The van der Waals surface area contributed by atoms with Gasteiger partial charge in [-0.2, -0.15) is 0 Å². The van der Waals surface area contributed by atoms with Gasteiger partial charge in [0.25, 0.3) is 0 Å². The number of nitrogens with zero attached hydrogens (tertiary/aromatic N) is 3. The number of pyridine rings is 2. The van der Waals surface area contributed by atoms with Crippen molar-refractivity contribution in [2.75, 3.05) is 0 Å². The number of hydrogen-bond donors (Lipinski definition) is 2. The summed E-state index contributed by atoms with van der Waals surface area (Å²) in [4.78, 5) is 16.3. The topological polar surface area (TPSA) is 74.7 Å². The third-order valence-corrected chi connectivity index (χ3v) is 5.29. The van der Waals surface area contributed by atoms with Crippen molar-refractivity contribution >= 4 is 27.5 Å². The van der Waals surface area contributed by atoms with E-state index in [1.165, 1.54) is 11.9 Å². The van der Waals surface area contributed by atoms with Crippen molar-refractivity contribution in [2.24, 2.45) is 0 Å². The maximum absolute atomic E-state index is 10.5. The molecular formula is C23H28N4O. The van der Waals surface area contributed by atoms with Crippen molar-refractivity contribution in [1.82, 2.24) is 19.9 Å². The van der Waals surface area contributed by atoms with Crippen molar-refractivity contribution in [3.05, 3.63) is 59.4 Å². The molecule has 0 spiro atoms. The van der Waals surface area contributed by atoms with Crippen LogP contribution in [0.5, 0.6) is 0 Å². The molecule has 3 aromatic heterocycles. The first kappa shape index (κ1) is 20.0. The highest BCUT2D eigenvalue weighted by Crippen LogP contribution is 2.28. The van der Waals surface area contributed by atoms with Crippen LogP contribution in [0, 0.1) is 0 Å². The van der Waals surface area contributed by atoms with Crippen LogP contribution in [0.25, 0.3) is 27.5 Å². The summed E-state index contributed by atoms with van der Waals surface area (Å²) in [6.07, 6.45) is 10.7. The zero-order chi connectivity index (χ0) is 20.3. The summed E-state index contributed by atoms with van der Waals surface area (Å²) >= 11 is 0. The summed E-state index contributed by atoms with van der Waals surface area (Å²) < 4.78 is 0. The van der Waals surface area contributed by atoms with Crippen LogP contribution in [0.15, 0.2) is 53.7 Å². The van der Waals surface area contributed by atoms with E-state index in [9.17, 15) is 5.11 Å². The highest BCUT2D eigenvalue weighted by atomic mass is 16.3. The molecule has 0 fully saturated rings. The van der Waals surface area contributed by atoms with Crippen LogP contribution in [-0.4, -0.2) is 31.1 Å². The summed E-state index contributed by atoms with van der Waals surface area (Å²) in [5, 5.41) is 12.5. The molecule has 0 bridgehead atoms. The molecule has 3 heterocycles. The van der Waals surface area contributed by atoms with E-state index in [4.69, 9.17) is 0 Å². The average molecular weight is 377 g/mol. The van der Waals surface area contributed by atoms with E-state index in [2.05, 4.69) is 58.9 Å². The first-order chi connectivity index (χ1) is 13.5. The van der Waals surface area contributed by atoms with Gasteiger partial charge >= 0.3 is 0 Å². The lowest BCUT2D eigenvalue weighted by Crippen LogP contribution is -2.09. The Morgan fingerprint density at radius 3 is 2.68 bits per heavy atom. The standard InChI is InChI=1S/C23H28N4O/c1-6-14(4)18(21(28)8-3)9-15(5)17(7-2)20-10-16-11-25-23-22(26-13-27-23)19(16)12-24-20/h7,9-13,21,24,28H,6,8H2,1-5H3/b15-9-,17-7+,18-14-. The maximum atomic E-state index is 10.5. The van der Waals surface area contributed by atoms with E-state index >= 15 is 0 Å². The summed E-state index contributed by atoms with van der Waals surface area (Å²) in [7, 11) is 0. The summed E-state index contributed by atoms with van der Waals surface area (Å²) in [5.74, 6) is 0. The van der Waals surface area contributed by atoms with Gasteiger partial charge in [-0.3, -0.25) is 0 Å². The third kappa shape index (κ3) is 3.76. The van der Waals surface area contributed by atoms with Gasteiger partial charge in [-0.1, -0.05) is 31.6 Å². The minimum atomic E-state index is -0.443. The zero-order valence-electron chi connectivity index (χ0n) is 17.2. The number of rotatable bonds is 6. The van der Waals surface area contributed by atoms with Crippen LogP contribution in [0.3, 0.4) is 0 Å². The van der Waals surface area contributed by atoms with E-state index in [-0.39, 0.29) is 0 Å². The predicted molar refractivity (Wildman–Crippen MR) is 116 cm³/mol. The van der Waals surface area contributed by atoms with Crippen molar-refractivity contribution in [1.29, 1.82) is 0 Å². The van der Waals surface area contributed by atoms with Gasteiger partial charge < -0.3 is 10.1 Å². The number of hydrogen-bond acceptors (Lipinski definition) is 4. The molecule has 28 heavy (non-hydrogen) atoms. The van der Waals surface area contributed by atoms with Gasteiger partial charge in [0.1, 0.15) is 11.8 Å². The molecular weight excluding hydrogens is 348 g/mol. The van der Waals surface area contributed by atoms with Gasteiger partial charge in [0.05, 0.1) is 6.10 Å². The summed E-state index contributed by atoms with van der Waals surface area (Å²) in [6.45, 7) is 10.3. The molecule has 0 saturated heterocycles. The van der Waals surface area contributed by atoms with Crippen LogP contribution >= 0.6 is 0 Å². The van der Waals surface area contributed by atoms with Gasteiger partial charge in [-0.25, -0.2) is 15.0 Å². The number of aliphatic hydroxyl groups is 1. The lowest BCUT2D eigenvalue weighted by molar-refractivity contribution is 0.209. The quantitative estimate of drug-likeness (QED) is 0.568. The number of H-pyrrole nitrogens is 1. The lowest BCUT2D eigenvalue weighted by Gasteiger charge is -2.16. The monoisotopic (exact) mass is 376 g/mol. The molecule has 0 radical (unpaired) electrons. The van der Waals surface area contributed by atoms with E-state index in [0.29, 0.717) is 12.1 Å². The maximum Gasteiger partial charge on any atom is 0.180 e. The minimum Gasteiger partial charge on any atom is -0.388 e. The number of nitrogens with one attached hydrogen (secondary N) is 1. The molecule has 1 atom stereocenters. The number of aromatic amines is 1. The Bertz CT molecular complexity index is 1090. The fraction of sp³-hybridized carbons (Fsp3) is 0.348. The van der Waals surface area contributed by atoms with Gasteiger partial charge in [-0.15, -0.1) is 0 Å². The Morgan fingerprint density at radius 2 is 2.00 bits per heavy atom. The van der Waals surface area contributed by atoms with Crippen molar-refractivity contribution < 1.29 is 5.11 Å². The highest BCUT2D eigenvalue weighted by molar-refractivity contribution is 6.02. The van der Waals surface area contributed by atoms with Gasteiger partial charge in [0.2, 0.25) is 0 Å². The number of allylic oxidation sites excluding steroid dienone is 4. The molecule has 0 amide bonds. The Morgan fingerprint density at radius 1 is 1.21 bits per heavy atom. The first-order valence-electron chi connectivity index (χ1n) is 9.81. The van der Waals surface area contributed by atoms with Crippen LogP contribution < -0.4 is 0 Å². The van der Waals surface area contributed by atoms with E-state index < -0.39 is 6.10 Å². The van der Waals surface area contributed by atoms with Gasteiger partial charge in [-0.05, 0) is 56.4 Å². The molecule has 0 aromatic carbocycles. The largest absolute Gasteiger partial charge is 0.388 e. The SMILES string of the molecule is C\C=C(/C(C)=C\C(=C(/C)CC)C(O)CC)c1cc2cnc3ncnc3c2c[nH]1. The normalized spacial score (nSPS) is 15.2. The predicted octanol–water partition coefficient (Wildman–Crippen LogP) is 5.35. The van der Waals surface area contributed by atoms with Crippen LogP contribution in [0.4, 0.5) is 0 Å². The van der Waals surface area contributed by atoms with Crippen molar-refractivity contribution in [3.63, 3.8) is 0 Å². The van der Waals surface area contributed by atoms with E-state index in [0.717, 1.165) is 45.1 Å². The number of aromatic nitrogens is 4. The van der Waals surface area contributed by atoms with E-state index in [1.54, 1.807) is 0 Å².